The van der Waals surface area contributed by atoms with Gasteiger partial charge in [-0.3, -0.25) is 19.8 Å². The number of carbonyl (C=O) groups is 2. The van der Waals surface area contributed by atoms with Crippen LogP contribution in [0.1, 0.15) is 23.1 Å². The van der Waals surface area contributed by atoms with Crippen LogP contribution in [-0.2, 0) is 22.4 Å². The van der Waals surface area contributed by atoms with Crippen molar-refractivity contribution in [3.8, 4) is 11.1 Å². The van der Waals surface area contributed by atoms with Crippen LogP contribution in [0.3, 0.4) is 0 Å². The molecule has 34 heavy (non-hydrogen) atoms. The average Bonchev–Trinajstić information content (AvgIpc) is 2.98. The highest BCUT2D eigenvalue weighted by atomic mass is 35.5. The number of hydroxylamine groups is 2. The van der Waals surface area contributed by atoms with Crippen molar-refractivity contribution >= 4 is 29.0 Å². The van der Waals surface area contributed by atoms with Crippen LogP contribution in [0.15, 0.2) is 89.4 Å². The number of aliphatic imine (C=N–C) groups is 1. The largest absolute Gasteiger partial charge is 0.297 e. The van der Waals surface area contributed by atoms with Crippen molar-refractivity contribution in [2.45, 2.75) is 25.3 Å². The van der Waals surface area contributed by atoms with Gasteiger partial charge in [0.1, 0.15) is 6.04 Å². The molecule has 0 aromatic heterocycles. The molecule has 1 unspecified atom stereocenters. The zero-order chi connectivity index (χ0) is 23.7. The van der Waals surface area contributed by atoms with Gasteiger partial charge in [-0.05, 0) is 46.4 Å². The Balaban J connectivity index is 1.59. The molecule has 6 heteroatoms. The second-order valence-electron chi connectivity index (χ2n) is 8.55. The van der Waals surface area contributed by atoms with E-state index in [-0.39, 0.29) is 18.7 Å². The summed E-state index contributed by atoms with van der Waals surface area (Å²) in [5.74, 6) is -0.470. The molecular formula is C28H23ClN2O3. The molecule has 1 amide bonds. The third kappa shape index (κ3) is 4.45. The van der Waals surface area contributed by atoms with Crippen molar-refractivity contribution < 1.29 is 14.8 Å². The molecule has 2 heterocycles. The van der Waals surface area contributed by atoms with E-state index in [0.717, 1.165) is 27.8 Å². The van der Waals surface area contributed by atoms with Gasteiger partial charge >= 0.3 is 0 Å². The Labute approximate surface area is 203 Å². The maximum Gasteiger partial charge on any atom is 0.270 e. The summed E-state index contributed by atoms with van der Waals surface area (Å²) in [6.07, 6.45) is 2.53. The van der Waals surface area contributed by atoms with Gasteiger partial charge in [-0.1, -0.05) is 72.3 Å². The third-order valence-electron chi connectivity index (χ3n) is 6.31. The molecule has 170 valence electrons. The lowest BCUT2D eigenvalue weighted by molar-refractivity contribution is -0.160. The summed E-state index contributed by atoms with van der Waals surface area (Å²) in [5.41, 5.74) is 6.11. The fourth-order valence-electron chi connectivity index (χ4n) is 4.57. The molecule has 0 saturated carbocycles. The van der Waals surface area contributed by atoms with E-state index in [2.05, 4.69) is 18.2 Å². The molecule has 3 aromatic rings. The molecule has 0 saturated heterocycles. The second kappa shape index (κ2) is 9.37. The predicted molar refractivity (Wildman–Crippen MR) is 132 cm³/mol. The van der Waals surface area contributed by atoms with Crippen LogP contribution in [0.2, 0.25) is 5.02 Å². The van der Waals surface area contributed by atoms with Crippen molar-refractivity contribution in [3.63, 3.8) is 0 Å². The molecule has 5 nitrogen and oxygen atoms in total. The van der Waals surface area contributed by atoms with E-state index in [9.17, 15) is 14.8 Å². The number of halogens is 1. The molecule has 0 aliphatic carbocycles. The molecule has 5 rings (SSSR count). The van der Waals surface area contributed by atoms with E-state index in [0.29, 0.717) is 34.2 Å². The topological polar surface area (TPSA) is 70.0 Å². The van der Waals surface area contributed by atoms with E-state index in [4.69, 9.17) is 16.6 Å². The molecule has 0 radical (unpaired) electrons. The molecule has 0 bridgehead atoms. The van der Waals surface area contributed by atoms with E-state index < -0.39 is 11.9 Å². The van der Waals surface area contributed by atoms with Gasteiger partial charge in [0.05, 0.1) is 12.3 Å². The van der Waals surface area contributed by atoms with Gasteiger partial charge in [-0.2, -0.15) is 0 Å². The number of nitrogens with zero attached hydrogens (tertiary/aromatic N) is 2. The van der Waals surface area contributed by atoms with Crippen LogP contribution in [0, 0.1) is 0 Å². The zero-order valence-electron chi connectivity index (χ0n) is 18.4. The van der Waals surface area contributed by atoms with Gasteiger partial charge in [0.15, 0.2) is 5.78 Å². The first-order valence-corrected chi connectivity index (χ1v) is 11.6. The van der Waals surface area contributed by atoms with E-state index in [1.165, 1.54) is 6.08 Å². The number of fused-ring (bicyclic) bond motifs is 1. The Bertz CT molecular complexity index is 1330. The Morgan fingerprint density at radius 1 is 0.971 bits per heavy atom. The van der Waals surface area contributed by atoms with Gasteiger partial charge in [0, 0.05) is 29.5 Å². The quantitative estimate of drug-likeness (QED) is 0.540. The summed E-state index contributed by atoms with van der Waals surface area (Å²) in [4.78, 5) is 30.5. The standard InChI is InChI=1S/C28H23ClN2O3/c29-22-11-10-20-15-26(32)25(14-19-8-4-5-9-23(19)18-6-2-1-3-7-18)30-28(24(20)17-22)21-12-13-31(34)27(33)16-21/h1-11,16-17,25,34H,12-15H2. The smallest absolute Gasteiger partial charge is 0.270 e. The maximum absolute atomic E-state index is 13.4. The van der Waals surface area contributed by atoms with Crippen LogP contribution >= 0.6 is 11.6 Å². The number of rotatable bonds is 4. The summed E-state index contributed by atoms with van der Waals surface area (Å²) >= 11 is 6.30. The monoisotopic (exact) mass is 470 g/mol. The summed E-state index contributed by atoms with van der Waals surface area (Å²) in [5, 5.41) is 11.0. The fourth-order valence-corrected chi connectivity index (χ4v) is 4.74. The summed E-state index contributed by atoms with van der Waals surface area (Å²) in [6.45, 7) is 0.176. The molecule has 1 N–H and O–H groups in total. The van der Waals surface area contributed by atoms with E-state index >= 15 is 0 Å². The van der Waals surface area contributed by atoms with E-state index in [1.54, 1.807) is 12.1 Å². The molecule has 0 fully saturated rings. The number of hydrogen-bond donors (Lipinski definition) is 1. The fraction of sp³-hybridized carbons (Fsp3) is 0.179. The van der Waals surface area contributed by atoms with Crippen LogP contribution in [0.25, 0.3) is 11.1 Å². The van der Waals surface area contributed by atoms with E-state index in [1.807, 2.05) is 42.5 Å². The van der Waals surface area contributed by atoms with Gasteiger partial charge < -0.3 is 0 Å². The minimum absolute atomic E-state index is 0.0213. The van der Waals surface area contributed by atoms with Crippen LogP contribution < -0.4 is 0 Å². The molecule has 3 aromatic carbocycles. The van der Waals surface area contributed by atoms with Gasteiger partial charge in [0.2, 0.25) is 0 Å². The number of benzene rings is 3. The lowest BCUT2D eigenvalue weighted by Crippen LogP contribution is -2.32. The minimum Gasteiger partial charge on any atom is -0.297 e. The Morgan fingerprint density at radius 3 is 2.53 bits per heavy atom. The number of Topliss-reactive ketones (excluding diaryl/α,β-unsaturated/α-hetero) is 1. The first-order chi connectivity index (χ1) is 16.5. The minimum atomic E-state index is -0.603. The Morgan fingerprint density at radius 2 is 1.74 bits per heavy atom. The normalized spacial score (nSPS) is 18.2. The van der Waals surface area contributed by atoms with Crippen molar-refractivity contribution in [2.75, 3.05) is 6.54 Å². The lowest BCUT2D eigenvalue weighted by atomic mass is 9.92. The Kier molecular flexibility index (Phi) is 6.14. The van der Waals surface area contributed by atoms with Gasteiger partial charge in [-0.15, -0.1) is 0 Å². The third-order valence-corrected chi connectivity index (χ3v) is 6.55. The van der Waals surface area contributed by atoms with Crippen molar-refractivity contribution in [1.82, 2.24) is 5.06 Å². The zero-order valence-corrected chi connectivity index (χ0v) is 19.2. The first kappa shape index (κ1) is 22.3. The van der Waals surface area contributed by atoms with Crippen LogP contribution in [0.4, 0.5) is 0 Å². The van der Waals surface area contributed by atoms with Crippen molar-refractivity contribution in [1.29, 1.82) is 0 Å². The number of ketones is 1. The molecule has 1 atom stereocenters. The van der Waals surface area contributed by atoms with Crippen LogP contribution in [-0.4, -0.2) is 40.3 Å². The average molecular weight is 471 g/mol. The highest BCUT2D eigenvalue weighted by molar-refractivity contribution is 6.31. The summed E-state index contributed by atoms with van der Waals surface area (Å²) < 4.78 is 0. The Hall–Kier alpha value is -3.54. The van der Waals surface area contributed by atoms with Gasteiger partial charge in [-0.25, -0.2) is 5.06 Å². The summed E-state index contributed by atoms with van der Waals surface area (Å²) in [6, 6.07) is 23.0. The van der Waals surface area contributed by atoms with Crippen molar-refractivity contribution in [3.05, 3.63) is 106 Å². The van der Waals surface area contributed by atoms with Crippen molar-refractivity contribution in [2.24, 2.45) is 4.99 Å². The van der Waals surface area contributed by atoms with Gasteiger partial charge in [0.25, 0.3) is 5.91 Å². The molecule has 0 spiro atoms. The summed E-state index contributed by atoms with van der Waals surface area (Å²) in [7, 11) is 0. The highest BCUT2D eigenvalue weighted by Gasteiger charge is 2.29. The SMILES string of the molecule is O=C1Cc2ccc(Cl)cc2C(C2=CC(=O)N(O)CC2)=NC1Cc1ccccc1-c1ccccc1. The molecular weight excluding hydrogens is 448 g/mol. The number of hydrogen-bond acceptors (Lipinski definition) is 4. The van der Waals surface area contributed by atoms with Crippen LogP contribution in [0.5, 0.6) is 0 Å². The molecule has 2 aliphatic rings. The first-order valence-electron chi connectivity index (χ1n) is 11.2. The highest BCUT2D eigenvalue weighted by Crippen LogP contribution is 2.30. The number of amides is 1. The second-order valence-corrected chi connectivity index (χ2v) is 8.98. The maximum atomic E-state index is 13.4. The molecule has 2 aliphatic heterocycles. The number of carbonyl (C=O) groups excluding carboxylic acids is 2. The predicted octanol–water partition coefficient (Wildman–Crippen LogP) is 5.08. The lowest BCUT2D eigenvalue weighted by Gasteiger charge is -2.22.